The highest BCUT2D eigenvalue weighted by Gasteiger charge is 2.14. The monoisotopic (exact) mass is 192 g/mol. The van der Waals surface area contributed by atoms with Crippen LogP contribution in [0.5, 0.6) is 0 Å². The second kappa shape index (κ2) is 2.69. The molecule has 2 aromatic rings. The van der Waals surface area contributed by atoms with E-state index in [0.29, 0.717) is 11.2 Å². The molecule has 2 heterocycles. The van der Waals surface area contributed by atoms with Crippen LogP contribution in [0, 0.1) is 6.92 Å². The van der Waals surface area contributed by atoms with E-state index in [-0.39, 0.29) is 11.5 Å². The molecule has 6 heteroatoms. The second-order valence-electron chi connectivity index (χ2n) is 2.93. The highest BCUT2D eigenvalue weighted by atomic mass is 16.4. The number of nitrogens with zero attached hydrogens (tertiary/aromatic N) is 2. The van der Waals surface area contributed by atoms with Crippen molar-refractivity contribution < 1.29 is 9.90 Å². The molecule has 0 fully saturated rings. The maximum absolute atomic E-state index is 10.7. The number of rotatable bonds is 1. The van der Waals surface area contributed by atoms with Crippen LogP contribution in [-0.2, 0) is 0 Å². The Morgan fingerprint density at radius 2 is 2.29 bits per heavy atom. The zero-order chi connectivity index (χ0) is 10.3. The van der Waals surface area contributed by atoms with Crippen LogP contribution in [0.15, 0.2) is 6.20 Å². The zero-order valence-electron chi connectivity index (χ0n) is 7.40. The van der Waals surface area contributed by atoms with Gasteiger partial charge < -0.3 is 15.8 Å². The topological polar surface area (TPSA) is 105 Å². The zero-order valence-corrected chi connectivity index (χ0v) is 7.40. The highest BCUT2D eigenvalue weighted by molar-refractivity contribution is 5.93. The number of nitrogen functional groups attached to an aromatic ring is 1. The Morgan fingerprint density at radius 3 is 2.93 bits per heavy atom. The van der Waals surface area contributed by atoms with Crippen LogP contribution >= 0.6 is 0 Å². The number of H-pyrrole nitrogens is 1. The molecule has 0 bridgehead atoms. The molecule has 72 valence electrons. The fraction of sp³-hybridized carbons (Fsp3) is 0.125. The van der Waals surface area contributed by atoms with Gasteiger partial charge in [0.25, 0.3) is 0 Å². The lowest BCUT2D eigenvalue weighted by molar-refractivity contribution is 0.0692. The highest BCUT2D eigenvalue weighted by Crippen LogP contribution is 2.16. The van der Waals surface area contributed by atoms with Crippen molar-refractivity contribution in [3.05, 3.63) is 17.5 Å². The minimum Gasteiger partial charge on any atom is -0.476 e. The number of aromatic nitrogens is 3. The largest absolute Gasteiger partial charge is 0.476 e. The van der Waals surface area contributed by atoms with E-state index >= 15 is 0 Å². The lowest BCUT2D eigenvalue weighted by atomic mass is 10.3. The number of carbonyl (C=O) groups is 1. The molecule has 0 aliphatic carbocycles. The number of aromatic amines is 1. The van der Waals surface area contributed by atoms with Crippen molar-refractivity contribution >= 4 is 23.0 Å². The number of fused-ring (bicyclic) bond motifs is 1. The van der Waals surface area contributed by atoms with E-state index in [4.69, 9.17) is 10.8 Å². The van der Waals surface area contributed by atoms with Gasteiger partial charge in [0.2, 0.25) is 0 Å². The van der Waals surface area contributed by atoms with Crippen LogP contribution in [-0.4, -0.2) is 26.0 Å². The van der Waals surface area contributed by atoms with Crippen molar-refractivity contribution in [2.24, 2.45) is 0 Å². The summed E-state index contributed by atoms with van der Waals surface area (Å²) in [6.07, 6.45) is 1.70. The standard InChI is InChI=1S/C8H8N4O2/c1-3-2-10-7-4(3)11-5(8(13)14)6(9)12-7/h2H,1H3,(H,13,14)(H3,9,10,12). The Bertz CT molecular complexity index is 517. The molecule has 4 N–H and O–H groups in total. The molecule has 6 nitrogen and oxygen atoms in total. The van der Waals surface area contributed by atoms with Crippen molar-refractivity contribution in [3.63, 3.8) is 0 Å². The summed E-state index contributed by atoms with van der Waals surface area (Å²) in [6.45, 7) is 1.81. The number of nitrogens with two attached hydrogens (primary N) is 1. The molecule has 0 aliphatic rings. The summed E-state index contributed by atoms with van der Waals surface area (Å²) in [4.78, 5) is 21.4. The number of hydrogen-bond acceptors (Lipinski definition) is 4. The van der Waals surface area contributed by atoms with Gasteiger partial charge in [0.05, 0.1) is 0 Å². The molecule has 0 unspecified atom stereocenters. The molecular weight excluding hydrogens is 184 g/mol. The quantitative estimate of drug-likeness (QED) is 0.611. The van der Waals surface area contributed by atoms with E-state index in [1.807, 2.05) is 6.92 Å². The Hall–Kier alpha value is -2.11. The van der Waals surface area contributed by atoms with Crippen LogP contribution in [0.1, 0.15) is 16.1 Å². The lowest BCUT2D eigenvalue weighted by Crippen LogP contribution is -2.07. The fourth-order valence-electron chi connectivity index (χ4n) is 1.23. The van der Waals surface area contributed by atoms with Crippen LogP contribution in [0.25, 0.3) is 11.2 Å². The number of carboxylic acids is 1. The van der Waals surface area contributed by atoms with E-state index in [1.165, 1.54) is 0 Å². The molecule has 2 aromatic heterocycles. The maximum atomic E-state index is 10.7. The smallest absolute Gasteiger partial charge is 0.358 e. The van der Waals surface area contributed by atoms with Gasteiger partial charge in [-0.3, -0.25) is 0 Å². The Labute approximate surface area is 78.8 Å². The van der Waals surface area contributed by atoms with Crippen molar-refractivity contribution in [2.75, 3.05) is 5.73 Å². The molecule has 0 aromatic carbocycles. The number of carboxylic acid groups (broad SMARTS) is 1. The molecule has 0 saturated heterocycles. The van der Waals surface area contributed by atoms with Crippen molar-refractivity contribution in [3.8, 4) is 0 Å². The molecule has 0 aliphatic heterocycles. The Balaban J connectivity index is 2.80. The summed E-state index contributed by atoms with van der Waals surface area (Å²) in [5.41, 5.74) is 7.10. The summed E-state index contributed by atoms with van der Waals surface area (Å²) in [5, 5.41) is 8.76. The molecule has 0 spiro atoms. The first-order valence-electron chi connectivity index (χ1n) is 3.94. The van der Waals surface area contributed by atoms with Crippen molar-refractivity contribution in [1.29, 1.82) is 0 Å². The molecule has 0 atom stereocenters. The molecular formula is C8H8N4O2. The van der Waals surface area contributed by atoms with E-state index in [1.54, 1.807) is 6.20 Å². The number of hydrogen-bond donors (Lipinski definition) is 3. The average Bonchev–Trinajstić information content (AvgIpc) is 2.46. The first-order valence-corrected chi connectivity index (χ1v) is 3.94. The third kappa shape index (κ3) is 1.08. The van der Waals surface area contributed by atoms with Gasteiger partial charge in [0, 0.05) is 6.20 Å². The van der Waals surface area contributed by atoms with Gasteiger partial charge in [0.15, 0.2) is 17.2 Å². The fourth-order valence-corrected chi connectivity index (χ4v) is 1.23. The normalized spacial score (nSPS) is 10.6. The van der Waals surface area contributed by atoms with Crippen LogP contribution in [0.2, 0.25) is 0 Å². The molecule has 0 amide bonds. The van der Waals surface area contributed by atoms with Gasteiger partial charge >= 0.3 is 5.97 Å². The summed E-state index contributed by atoms with van der Waals surface area (Å²) >= 11 is 0. The van der Waals surface area contributed by atoms with E-state index < -0.39 is 5.97 Å². The van der Waals surface area contributed by atoms with Gasteiger partial charge in [-0.25, -0.2) is 14.8 Å². The van der Waals surface area contributed by atoms with Crippen molar-refractivity contribution in [1.82, 2.24) is 15.0 Å². The Morgan fingerprint density at radius 1 is 1.57 bits per heavy atom. The predicted molar refractivity (Wildman–Crippen MR) is 50.0 cm³/mol. The number of anilines is 1. The van der Waals surface area contributed by atoms with Gasteiger partial charge in [-0.2, -0.15) is 0 Å². The first kappa shape index (κ1) is 8.49. The van der Waals surface area contributed by atoms with Crippen LogP contribution < -0.4 is 5.73 Å². The minimum absolute atomic E-state index is 0.0770. The van der Waals surface area contributed by atoms with Crippen LogP contribution in [0.4, 0.5) is 5.82 Å². The van der Waals surface area contributed by atoms with E-state index in [2.05, 4.69) is 15.0 Å². The number of aromatic carboxylic acids is 1. The third-order valence-electron chi connectivity index (χ3n) is 1.92. The molecule has 0 radical (unpaired) electrons. The second-order valence-corrected chi connectivity index (χ2v) is 2.93. The Kier molecular flexibility index (Phi) is 1.63. The molecule has 14 heavy (non-hydrogen) atoms. The average molecular weight is 192 g/mol. The summed E-state index contributed by atoms with van der Waals surface area (Å²) in [6, 6.07) is 0. The van der Waals surface area contributed by atoms with Gasteiger partial charge in [-0.15, -0.1) is 0 Å². The minimum atomic E-state index is -1.17. The van der Waals surface area contributed by atoms with E-state index in [0.717, 1.165) is 5.56 Å². The maximum Gasteiger partial charge on any atom is 0.358 e. The van der Waals surface area contributed by atoms with Crippen molar-refractivity contribution in [2.45, 2.75) is 6.92 Å². The lowest BCUT2D eigenvalue weighted by Gasteiger charge is -1.98. The third-order valence-corrected chi connectivity index (χ3v) is 1.92. The molecule has 2 rings (SSSR count). The summed E-state index contributed by atoms with van der Waals surface area (Å²) < 4.78 is 0. The number of nitrogens with one attached hydrogen (secondary N) is 1. The van der Waals surface area contributed by atoms with Gasteiger partial charge in [-0.05, 0) is 12.5 Å². The summed E-state index contributed by atoms with van der Waals surface area (Å²) in [5.74, 6) is -1.25. The first-order chi connectivity index (χ1) is 6.59. The summed E-state index contributed by atoms with van der Waals surface area (Å²) in [7, 11) is 0. The SMILES string of the molecule is Cc1c[nH]c2nc(N)c(C(=O)O)nc12. The predicted octanol–water partition coefficient (Wildman–Crippen LogP) is 0.547. The number of aryl methyl sites for hydroxylation is 1. The molecule has 0 saturated carbocycles. The van der Waals surface area contributed by atoms with Gasteiger partial charge in [-0.1, -0.05) is 0 Å². The van der Waals surface area contributed by atoms with Crippen LogP contribution in [0.3, 0.4) is 0 Å². The van der Waals surface area contributed by atoms with Gasteiger partial charge in [0.1, 0.15) is 5.52 Å². The van der Waals surface area contributed by atoms with E-state index in [9.17, 15) is 4.79 Å².